The van der Waals surface area contributed by atoms with E-state index in [2.05, 4.69) is 17.3 Å². The quantitative estimate of drug-likeness (QED) is 0.744. The normalized spacial score (nSPS) is 20.1. The number of hydrogen-bond donors (Lipinski definition) is 2. The van der Waals surface area contributed by atoms with Gasteiger partial charge in [0.25, 0.3) is 5.91 Å². The number of nitrogens with zero attached hydrogens (tertiary/aromatic N) is 2. The zero-order valence-electron chi connectivity index (χ0n) is 14.9. The first-order chi connectivity index (χ1) is 12.9. The molecule has 0 aliphatic carbocycles. The van der Waals surface area contributed by atoms with Crippen LogP contribution >= 0.6 is 0 Å². The van der Waals surface area contributed by atoms with Gasteiger partial charge in [-0.25, -0.2) is 13.5 Å². The number of halogens is 2. The smallest absolute Gasteiger partial charge is 0.251 e. The molecule has 1 aromatic heterocycles. The summed E-state index contributed by atoms with van der Waals surface area (Å²) < 4.78 is 29.9. The summed E-state index contributed by atoms with van der Waals surface area (Å²) in [6.45, 7) is 3.91. The van der Waals surface area contributed by atoms with Crippen molar-refractivity contribution in [3.8, 4) is 5.69 Å². The van der Waals surface area contributed by atoms with Gasteiger partial charge in [0.15, 0.2) is 0 Å². The van der Waals surface area contributed by atoms with Crippen LogP contribution in [0, 0.1) is 11.6 Å². The maximum Gasteiger partial charge on any atom is 0.251 e. The largest absolute Gasteiger partial charge is 0.366 e. The van der Waals surface area contributed by atoms with Crippen molar-refractivity contribution in [2.24, 2.45) is 5.73 Å². The second-order valence-corrected chi connectivity index (χ2v) is 7.34. The Hall–Kier alpha value is -2.80. The lowest BCUT2D eigenvalue weighted by Crippen LogP contribution is -2.41. The molecular formula is C20H20F2N4O. The van der Waals surface area contributed by atoms with Gasteiger partial charge in [-0.1, -0.05) is 13.0 Å². The molecule has 1 atom stereocenters. The number of fused-ring (bicyclic) bond motifs is 1. The number of nitrogens with one attached hydrogen (secondary N) is 1. The SMILES string of the molecule is CC1(c2ccc(-n3cc4cc(F)cc(C(N)=O)c4n3)c(F)c2)CCCNC1. The number of carbonyl (C=O) groups excluding carboxylic acids is 1. The lowest BCUT2D eigenvalue weighted by Gasteiger charge is -2.34. The summed E-state index contributed by atoms with van der Waals surface area (Å²) in [6.07, 6.45) is 3.53. The van der Waals surface area contributed by atoms with Gasteiger partial charge in [-0.2, -0.15) is 5.10 Å². The second kappa shape index (κ2) is 6.42. The third kappa shape index (κ3) is 3.08. The molecule has 0 spiro atoms. The molecule has 2 heterocycles. The average molecular weight is 370 g/mol. The third-order valence-electron chi connectivity index (χ3n) is 5.33. The highest BCUT2D eigenvalue weighted by molar-refractivity contribution is 6.04. The van der Waals surface area contributed by atoms with Crippen LogP contribution < -0.4 is 11.1 Å². The fourth-order valence-corrected chi connectivity index (χ4v) is 3.78. The first kappa shape index (κ1) is 17.6. The molecule has 1 aliphatic rings. The fourth-order valence-electron chi connectivity index (χ4n) is 3.78. The van der Waals surface area contributed by atoms with E-state index in [1.54, 1.807) is 6.07 Å². The summed E-state index contributed by atoms with van der Waals surface area (Å²) >= 11 is 0. The van der Waals surface area contributed by atoms with E-state index in [0.29, 0.717) is 5.39 Å². The van der Waals surface area contributed by atoms with Crippen LogP contribution in [0.15, 0.2) is 36.5 Å². The Balaban J connectivity index is 1.78. The van der Waals surface area contributed by atoms with Crippen molar-refractivity contribution in [1.82, 2.24) is 15.1 Å². The van der Waals surface area contributed by atoms with Gasteiger partial charge in [0.05, 0.1) is 5.56 Å². The zero-order chi connectivity index (χ0) is 19.2. The van der Waals surface area contributed by atoms with Crippen LogP contribution in [0.2, 0.25) is 0 Å². The average Bonchev–Trinajstić information content (AvgIpc) is 3.04. The number of aromatic nitrogens is 2. The molecule has 0 bridgehead atoms. The number of rotatable bonds is 3. The Morgan fingerprint density at radius 2 is 2.11 bits per heavy atom. The minimum atomic E-state index is -0.779. The van der Waals surface area contributed by atoms with Crippen LogP contribution in [0.3, 0.4) is 0 Å². The summed E-state index contributed by atoms with van der Waals surface area (Å²) in [7, 11) is 0. The van der Waals surface area contributed by atoms with E-state index in [-0.39, 0.29) is 22.2 Å². The zero-order valence-corrected chi connectivity index (χ0v) is 14.9. The van der Waals surface area contributed by atoms with Crippen LogP contribution in [0.4, 0.5) is 8.78 Å². The van der Waals surface area contributed by atoms with E-state index in [4.69, 9.17) is 5.73 Å². The summed E-state index contributed by atoms with van der Waals surface area (Å²) in [5.41, 5.74) is 6.57. The van der Waals surface area contributed by atoms with Gasteiger partial charge in [-0.15, -0.1) is 0 Å². The highest BCUT2D eigenvalue weighted by atomic mass is 19.1. The molecule has 1 fully saturated rings. The predicted molar refractivity (Wildman–Crippen MR) is 99.0 cm³/mol. The minimum absolute atomic E-state index is 0.0263. The Morgan fingerprint density at radius 3 is 2.78 bits per heavy atom. The monoisotopic (exact) mass is 370 g/mol. The standard InChI is InChI=1S/C20H20F2N4O/c1-20(5-2-6-24-11-20)13-3-4-17(16(22)8-13)26-10-12-7-14(21)9-15(19(23)27)18(12)25-26/h3-4,7-10,24H,2,5-6,11H2,1H3,(H2,23,27). The van der Waals surface area contributed by atoms with Gasteiger partial charge >= 0.3 is 0 Å². The van der Waals surface area contributed by atoms with Crippen LogP contribution in [0.5, 0.6) is 0 Å². The first-order valence-corrected chi connectivity index (χ1v) is 8.87. The molecule has 3 aromatic rings. The van der Waals surface area contributed by atoms with Gasteiger partial charge in [0.2, 0.25) is 0 Å². The fraction of sp³-hybridized carbons (Fsp3) is 0.300. The van der Waals surface area contributed by atoms with E-state index in [0.717, 1.165) is 37.6 Å². The van der Waals surface area contributed by atoms with E-state index in [1.165, 1.54) is 23.0 Å². The molecule has 1 aliphatic heterocycles. The van der Waals surface area contributed by atoms with Crippen molar-refractivity contribution in [2.75, 3.05) is 13.1 Å². The number of amides is 1. The summed E-state index contributed by atoms with van der Waals surface area (Å²) in [6, 6.07) is 7.37. The van der Waals surface area contributed by atoms with Crippen molar-refractivity contribution in [3.05, 3.63) is 59.3 Å². The van der Waals surface area contributed by atoms with Gasteiger partial charge in [0.1, 0.15) is 22.8 Å². The number of carbonyl (C=O) groups is 1. The number of benzene rings is 2. The topological polar surface area (TPSA) is 72.9 Å². The number of hydrogen-bond acceptors (Lipinski definition) is 3. The Kier molecular flexibility index (Phi) is 4.19. The van der Waals surface area contributed by atoms with E-state index < -0.39 is 17.5 Å². The molecular weight excluding hydrogens is 350 g/mol. The minimum Gasteiger partial charge on any atom is -0.366 e. The molecule has 3 N–H and O–H groups in total. The van der Waals surface area contributed by atoms with Crippen molar-refractivity contribution >= 4 is 16.8 Å². The third-order valence-corrected chi connectivity index (χ3v) is 5.33. The molecule has 1 amide bonds. The van der Waals surface area contributed by atoms with Crippen molar-refractivity contribution in [2.45, 2.75) is 25.2 Å². The summed E-state index contributed by atoms with van der Waals surface area (Å²) in [5, 5.41) is 8.01. The predicted octanol–water partition coefficient (Wildman–Crippen LogP) is 3.04. The molecule has 0 radical (unpaired) electrons. The van der Waals surface area contributed by atoms with Crippen LogP contribution in [0.1, 0.15) is 35.7 Å². The van der Waals surface area contributed by atoms with Crippen molar-refractivity contribution in [3.63, 3.8) is 0 Å². The molecule has 7 heteroatoms. The second-order valence-electron chi connectivity index (χ2n) is 7.34. The van der Waals surface area contributed by atoms with E-state index in [9.17, 15) is 13.6 Å². The lowest BCUT2D eigenvalue weighted by atomic mass is 9.76. The Morgan fingerprint density at radius 1 is 1.30 bits per heavy atom. The molecule has 0 saturated carbocycles. The molecule has 4 rings (SSSR count). The highest BCUT2D eigenvalue weighted by Gasteiger charge is 2.29. The van der Waals surface area contributed by atoms with Gasteiger partial charge in [-0.05, 0) is 49.2 Å². The number of piperidine rings is 1. The molecule has 140 valence electrons. The first-order valence-electron chi connectivity index (χ1n) is 8.87. The molecule has 27 heavy (non-hydrogen) atoms. The highest BCUT2D eigenvalue weighted by Crippen LogP contribution is 2.32. The molecule has 1 saturated heterocycles. The van der Waals surface area contributed by atoms with Gasteiger partial charge in [-0.3, -0.25) is 4.79 Å². The van der Waals surface area contributed by atoms with Crippen LogP contribution in [-0.4, -0.2) is 28.8 Å². The van der Waals surface area contributed by atoms with Crippen molar-refractivity contribution in [1.29, 1.82) is 0 Å². The molecule has 1 unspecified atom stereocenters. The maximum absolute atomic E-state index is 14.9. The maximum atomic E-state index is 14.9. The number of primary amides is 1. The van der Waals surface area contributed by atoms with Crippen LogP contribution in [-0.2, 0) is 5.41 Å². The Labute approximate surface area is 155 Å². The lowest BCUT2D eigenvalue weighted by molar-refractivity contribution is 0.100. The summed E-state index contributed by atoms with van der Waals surface area (Å²) in [4.78, 5) is 11.6. The molecule has 2 aromatic carbocycles. The van der Waals surface area contributed by atoms with Gasteiger partial charge in [0, 0.05) is 23.5 Å². The molecule has 5 nitrogen and oxygen atoms in total. The Bertz CT molecular complexity index is 1040. The number of nitrogens with two attached hydrogens (primary N) is 1. The van der Waals surface area contributed by atoms with E-state index in [1.807, 2.05) is 6.07 Å². The van der Waals surface area contributed by atoms with Crippen molar-refractivity contribution < 1.29 is 13.6 Å². The van der Waals surface area contributed by atoms with E-state index >= 15 is 0 Å². The summed E-state index contributed by atoms with van der Waals surface area (Å²) in [5.74, 6) is -1.80. The van der Waals surface area contributed by atoms with Crippen LogP contribution in [0.25, 0.3) is 16.6 Å². The van der Waals surface area contributed by atoms with Gasteiger partial charge < -0.3 is 11.1 Å².